The average Bonchev–Trinajstić information content (AvgIpc) is 3.29. The molecule has 0 aliphatic heterocycles. The van der Waals surface area contributed by atoms with Crippen LogP contribution in [0.5, 0.6) is 0 Å². The predicted molar refractivity (Wildman–Crippen MR) is 102 cm³/mol. The molecule has 1 aromatic carbocycles. The molecule has 0 bridgehead atoms. The summed E-state index contributed by atoms with van der Waals surface area (Å²) in [6.07, 6.45) is 6.18. The highest BCUT2D eigenvalue weighted by molar-refractivity contribution is 7.90. The van der Waals surface area contributed by atoms with E-state index in [1.54, 1.807) is 48.9 Å². The summed E-state index contributed by atoms with van der Waals surface area (Å²) in [5, 5.41) is 10.9. The van der Waals surface area contributed by atoms with Gasteiger partial charge in [-0.15, -0.1) is 5.10 Å². The van der Waals surface area contributed by atoms with Crippen molar-refractivity contribution in [3.63, 3.8) is 0 Å². The number of benzene rings is 1. The van der Waals surface area contributed by atoms with Crippen molar-refractivity contribution in [3.8, 4) is 11.1 Å². The lowest BCUT2D eigenvalue weighted by Gasteiger charge is -2.04. The molecule has 0 radical (unpaired) electrons. The van der Waals surface area contributed by atoms with Crippen LogP contribution in [0.1, 0.15) is 0 Å². The number of fused-ring (bicyclic) bond motifs is 1. The molecule has 0 unspecified atom stereocenters. The minimum absolute atomic E-state index is 0.0616. The van der Waals surface area contributed by atoms with Gasteiger partial charge in [-0.2, -0.15) is 10.1 Å². The first-order valence-electron chi connectivity index (χ1n) is 8.33. The quantitative estimate of drug-likeness (QED) is 0.549. The summed E-state index contributed by atoms with van der Waals surface area (Å²) in [5.74, 6) is -0.111. The summed E-state index contributed by atoms with van der Waals surface area (Å²) < 4.78 is 26.6. The number of nitrogens with zero attached hydrogens (tertiary/aromatic N) is 5. The number of carbonyl (C=O) groups excluding carboxylic acids is 1. The van der Waals surface area contributed by atoms with E-state index in [4.69, 9.17) is 0 Å². The van der Waals surface area contributed by atoms with Gasteiger partial charge < -0.3 is 0 Å². The van der Waals surface area contributed by atoms with Crippen molar-refractivity contribution >= 4 is 27.3 Å². The summed E-state index contributed by atoms with van der Waals surface area (Å²) in [4.78, 5) is 16.6. The molecule has 4 rings (SSSR count). The molecule has 10 heteroatoms. The number of aromatic nitrogens is 5. The molecule has 4 aromatic rings. The van der Waals surface area contributed by atoms with Crippen molar-refractivity contribution in [1.82, 2.24) is 24.4 Å². The van der Waals surface area contributed by atoms with Crippen molar-refractivity contribution in [3.05, 3.63) is 61.1 Å². The maximum atomic E-state index is 12.1. The summed E-state index contributed by atoms with van der Waals surface area (Å²) in [6.45, 7) is 0.0616. The van der Waals surface area contributed by atoms with Crippen molar-refractivity contribution in [2.75, 3.05) is 11.6 Å². The van der Waals surface area contributed by atoms with Gasteiger partial charge >= 0.3 is 0 Å². The monoisotopic (exact) mass is 396 g/mol. The standard InChI is InChI=1S/C18H16N6O3S/c1-28(26,27)15-5-2-4-13(10-15)14-6-7-16-20-18(22-24(16)11-14)21-17(25)12-23-9-3-8-19-23/h2-11H,12H2,1H3,(H,21,22,25). The maximum Gasteiger partial charge on any atom is 0.249 e. The Hall–Kier alpha value is -3.53. The number of pyridine rings is 1. The zero-order valence-corrected chi connectivity index (χ0v) is 15.7. The van der Waals surface area contributed by atoms with Crippen LogP contribution in [0.4, 0.5) is 5.95 Å². The Balaban J connectivity index is 1.59. The molecule has 0 saturated heterocycles. The van der Waals surface area contributed by atoms with Crippen LogP contribution in [0.2, 0.25) is 0 Å². The molecule has 9 nitrogen and oxygen atoms in total. The first-order chi connectivity index (χ1) is 13.4. The molecule has 142 valence electrons. The van der Waals surface area contributed by atoms with Crippen molar-refractivity contribution in [2.45, 2.75) is 11.4 Å². The van der Waals surface area contributed by atoms with Crippen molar-refractivity contribution in [2.24, 2.45) is 0 Å². The number of nitrogens with one attached hydrogen (secondary N) is 1. The zero-order chi connectivity index (χ0) is 19.7. The zero-order valence-electron chi connectivity index (χ0n) is 14.8. The fraction of sp³-hybridized carbons (Fsp3) is 0.111. The van der Waals surface area contributed by atoms with Gasteiger partial charge in [0.05, 0.1) is 4.90 Å². The smallest absolute Gasteiger partial charge is 0.249 e. The molecule has 0 spiro atoms. The largest absolute Gasteiger partial charge is 0.292 e. The highest BCUT2D eigenvalue weighted by Crippen LogP contribution is 2.23. The number of sulfone groups is 1. The Morgan fingerprint density at radius 3 is 2.75 bits per heavy atom. The molecular formula is C18H16N6O3S. The van der Waals surface area contributed by atoms with Crippen LogP contribution < -0.4 is 5.32 Å². The van der Waals surface area contributed by atoms with E-state index in [1.807, 2.05) is 12.1 Å². The molecule has 0 aliphatic carbocycles. The maximum absolute atomic E-state index is 12.1. The molecule has 0 saturated carbocycles. The number of hydrogen-bond acceptors (Lipinski definition) is 6. The number of rotatable bonds is 5. The lowest BCUT2D eigenvalue weighted by molar-refractivity contribution is -0.116. The summed E-state index contributed by atoms with van der Waals surface area (Å²) >= 11 is 0. The van der Waals surface area contributed by atoms with Crippen LogP contribution in [-0.4, -0.2) is 45.0 Å². The highest BCUT2D eigenvalue weighted by Gasteiger charge is 2.11. The van der Waals surface area contributed by atoms with Crippen LogP contribution >= 0.6 is 0 Å². The first kappa shape index (κ1) is 17.9. The van der Waals surface area contributed by atoms with E-state index in [2.05, 4.69) is 20.5 Å². The van der Waals surface area contributed by atoms with Gasteiger partial charge in [-0.1, -0.05) is 12.1 Å². The second kappa shape index (κ2) is 6.89. The number of anilines is 1. The fourth-order valence-corrected chi connectivity index (χ4v) is 3.39. The Morgan fingerprint density at radius 1 is 1.14 bits per heavy atom. The van der Waals surface area contributed by atoms with Crippen LogP contribution in [0.15, 0.2) is 66.0 Å². The third-order valence-electron chi connectivity index (χ3n) is 4.04. The second-order valence-corrected chi connectivity index (χ2v) is 8.22. The van der Waals surface area contributed by atoms with E-state index >= 15 is 0 Å². The lowest BCUT2D eigenvalue weighted by Crippen LogP contribution is -2.19. The topological polar surface area (TPSA) is 111 Å². The number of amides is 1. The van der Waals surface area contributed by atoms with E-state index in [0.717, 1.165) is 11.1 Å². The Bertz CT molecular complexity index is 1260. The van der Waals surface area contributed by atoms with Gasteiger partial charge in [-0.25, -0.2) is 12.9 Å². The van der Waals surface area contributed by atoms with Crippen molar-refractivity contribution < 1.29 is 13.2 Å². The molecular weight excluding hydrogens is 380 g/mol. The molecule has 0 aliphatic rings. The fourth-order valence-electron chi connectivity index (χ4n) is 2.72. The SMILES string of the molecule is CS(=O)(=O)c1cccc(-c2ccc3nc(NC(=O)Cn4cccn4)nn3c2)c1. The summed E-state index contributed by atoms with van der Waals surface area (Å²) in [7, 11) is -3.30. The molecule has 1 amide bonds. The van der Waals surface area contributed by atoms with Gasteiger partial charge in [0.15, 0.2) is 15.5 Å². The van der Waals surface area contributed by atoms with Gasteiger partial charge in [0, 0.05) is 30.4 Å². The predicted octanol–water partition coefficient (Wildman–Crippen LogP) is 1.63. The van der Waals surface area contributed by atoms with Gasteiger partial charge in [0.25, 0.3) is 0 Å². The van der Waals surface area contributed by atoms with E-state index < -0.39 is 9.84 Å². The van der Waals surface area contributed by atoms with Crippen LogP contribution in [-0.2, 0) is 21.2 Å². The number of carbonyl (C=O) groups is 1. The Morgan fingerprint density at radius 2 is 2.00 bits per heavy atom. The Labute approximate surface area is 160 Å². The average molecular weight is 396 g/mol. The molecule has 28 heavy (non-hydrogen) atoms. The van der Waals surface area contributed by atoms with Gasteiger partial charge in [-0.3, -0.25) is 14.8 Å². The molecule has 3 heterocycles. The first-order valence-corrected chi connectivity index (χ1v) is 10.2. The normalized spacial score (nSPS) is 11.6. The lowest BCUT2D eigenvalue weighted by atomic mass is 10.1. The van der Waals surface area contributed by atoms with Gasteiger partial charge in [0.1, 0.15) is 6.54 Å². The second-order valence-electron chi connectivity index (χ2n) is 6.21. The third kappa shape index (κ3) is 3.76. The van der Waals surface area contributed by atoms with E-state index in [0.29, 0.717) is 5.65 Å². The van der Waals surface area contributed by atoms with Gasteiger partial charge in [-0.05, 0) is 35.9 Å². The Kier molecular flexibility index (Phi) is 4.40. The van der Waals surface area contributed by atoms with E-state index in [1.165, 1.54) is 15.5 Å². The summed E-state index contributed by atoms with van der Waals surface area (Å²) in [6, 6.07) is 12.0. The van der Waals surface area contributed by atoms with E-state index in [-0.39, 0.29) is 23.3 Å². The molecule has 0 atom stereocenters. The van der Waals surface area contributed by atoms with Crippen molar-refractivity contribution in [1.29, 1.82) is 0 Å². The number of hydrogen-bond donors (Lipinski definition) is 1. The highest BCUT2D eigenvalue weighted by atomic mass is 32.2. The molecule has 0 fully saturated rings. The van der Waals surface area contributed by atoms with Crippen LogP contribution in [0.25, 0.3) is 16.8 Å². The minimum atomic E-state index is -3.30. The third-order valence-corrected chi connectivity index (χ3v) is 5.15. The molecule has 3 aromatic heterocycles. The molecule has 1 N–H and O–H groups in total. The summed E-state index contributed by atoms with van der Waals surface area (Å²) in [5.41, 5.74) is 2.07. The van der Waals surface area contributed by atoms with E-state index in [9.17, 15) is 13.2 Å². The van der Waals surface area contributed by atoms with Crippen LogP contribution in [0, 0.1) is 0 Å². The van der Waals surface area contributed by atoms with Gasteiger partial charge in [0.2, 0.25) is 11.9 Å². The minimum Gasteiger partial charge on any atom is -0.292 e. The van der Waals surface area contributed by atoms with Crippen LogP contribution in [0.3, 0.4) is 0 Å².